The summed E-state index contributed by atoms with van der Waals surface area (Å²) in [5.41, 5.74) is 2.12. The molecule has 1 atom stereocenters. The molecule has 0 amide bonds. The minimum atomic E-state index is -0.920. The first-order chi connectivity index (χ1) is 15.2. The zero-order valence-corrected chi connectivity index (χ0v) is 16.6. The summed E-state index contributed by atoms with van der Waals surface area (Å²) in [6.45, 7) is 1.62. The molecule has 1 N–H and O–H groups in total. The number of pyridine rings is 1. The molecule has 4 aromatic rings. The fourth-order valence-electron chi connectivity index (χ4n) is 3.84. The number of aromatic carboxylic acids is 1. The highest BCUT2D eigenvalue weighted by molar-refractivity contribution is 5.87. The third-order valence-corrected chi connectivity index (χ3v) is 5.45. The Labute approximate surface area is 178 Å². The van der Waals surface area contributed by atoms with E-state index in [9.17, 15) is 4.79 Å². The number of carbonyl (C=O) groups is 1. The van der Waals surface area contributed by atoms with Gasteiger partial charge in [0.25, 0.3) is 0 Å². The second-order valence-electron chi connectivity index (χ2n) is 7.46. The molecule has 3 aromatic heterocycles. The van der Waals surface area contributed by atoms with E-state index < -0.39 is 5.97 Å². The van der Waals surface area contributed by atoms with Crippen molar-refractivity contribution in [3.05, 3.63) is 78.3 Å². The average molecular weight is 416 g/mol. The van der Waals surface area contributed by atoms with Gasteiger partial charge in [-0.05, 0) is 49.2 Å². The zero-order chi connectivity index (χ0) is 21.2. The summed E-state index contributed by atoms with van der Waals surface area (Å²) in [6.07, 6.45) is 8.93. The van der Waals surface area contributed by atoms with Crippen molar-refractivity contribution in [3.63, 3.8) is 0 Å². The quantitative estimate of drug-likeness (QED) is 0.509. The van der Waals surface area contributed by atoms with Gasteiger partial charge in [0, 0.05) is 30.7 Å². The van der Waals surface area contributed by atoms with Crippen LogP contribution in [0.4, 0.5) is 0 Å². The molecule has 1 fully saturated rings. The van der Waals surface area contributed by atoms with Crippen LogP contribution < -0.4 is 0 Å². The van der Waals surface area contributed by atoms with Crippen LogP contribution in [0.15, 0.2) is 65.8 Å². The molecule has 1 aliphatic heterocycles. The van der Waals surface area contributed by atoms with Crippen LogP contribution in [0.3, 0.4) is 0 Å². The molecule has 0 spiro atoms. The molecule has 5 rings (SSSR count). The summed E-state index contributed by atoms with van der Waals surface area (Å²) in [4.78, 5) is 26.4. The number of hydrogen-bond acceptors (Lipinski definition) is 7. The number of imidazole rings is 1. The molecule has 4 heterocycles. The van der Waals surface area contributed by atoms with E-state index in [2.05, 4.69) is 25.0 Å². The average Bonchev–Trinajstić information content (AvgIpc) is 3.56. The number of nitrogens with zero attached hydrogens (tertiary/aromatic N) is 6. The molecule has 156 valence electrons. The first-order valence-electron chi connectivity index (χ1n) is 10.0. The Morgan fingerprint density at radius 1 is 1.19 bits per heavy atom. The molecule has 0 aliphatic carbocycles. The Morgan fingerprint density at radius 3 is 2.77 bits per heavy atom. The molecule has 1 aromatic carbocycles. The lowest BCUT2D eigenvalue weighted by atomic mass is 10.1. The third-order valence-electron chi connectivity index (χ3n) is 5.45. The van der Waals surface area contributed by atoms with Crippen LogP contribution in [0.1, 0.15) is 40.7 Å². The lowest BCUT2D eigenvalue weighted by molar-refractivity contribution is 0.0697. The van der Waals surface area contributed by atoms with Gasteiger partial charge in [0.1, 0.15) is 12.1 Å². The van der Waals surface area contributed by atoms with Crippen molar-refractivity contribution in [1.82, 2.24) is 29.6 Å². The first-order valence-corrected chi connectivity index (χ1v) is 10.0. The van der Waals surface area contributed by atoms with Crippen LogP contribution in [0.2, 0.25) is 0 Å². The summed E-state index contributed by atoms with van der Waals surface area (Å²) in [6, 6.07) is 10.8. The predicted octanol–water partition coefficient (Wildman–Crippen LogP) is 3.35. The second-order valence-corrected chi connectivity index (χ2v) is 7.46. The van der Waals surface area contributed by atoms with Crippen LogP contribution >= 0.6 is 0 Å². The lowest BCUT2D eigenvalue weighted by Crippen LogP contribution is -2.23. The monoisotopic (exact) mass is 416 g/mol. The summed E-state index contributed by atoms with van der Waals surface area (Å²) >= 11 is 0. The highest BCUT2D eigenvalue weighted by Gasteiger charge is 2.31. The fourth-order valence-corrected chi connectivity index (χ4v) is 3.84. The van der Waals surface area contributed by atoms with Gasteiger partial charge in [-0.3, -0.25) is 9.47 Å². The Bertz CT molecular complexity index is 1170. The number of benzene rings is 1. The largest absolute Gasteiger partial charge is 0.478 e. The molecule has 31 heavy (non-hydrogen) atoms. The van der Waals surface area contributed by atoms with E-state index in [4.69, 9.17) is 9.63 Å². The predicted molar refractivity (Wildman–Crippen MR) is 110 cm³/mol. The highest BCUT2D eigenvalue weighted by Crippen LogP contribution is 2.33. The minimum absolute atomic E-state index is 0.0404. The van der Waals surface area contributed by atoms with Gasteiger partial charge in [0.2, 0.25) is 11.7 Å². The Morgan fingerprint density at radius 2 is 2.06 bits per heavy atom. The van der Waals surface area contributed by atoms with Crippen molar-refractivity contribution < 1.29 is 14.4 Å². The zero-order valence-electron chi connectivity index (χ0n) is 16.6. The Balaban J connectivity index is 1.30. The molecule has 1 unspecified atom stereocenters. The minimum Gasteiger partial charge on any atom is -0.478 e. The summed E-state index contributed by atoms with van der Waals surface area (Å²) in [7, 11) is 0. The van der Waals surface area contributed by atoms with Gasteiger partial charge in [0.15, 0.2) is 0 Å². The molecule has 0 radical (unpaired) electrons. The Hall–Kier alpha value is -3.85. The van der Waals surface area contributed by atoms with Crippen molar-refractivity contribution >= 4 is 5.97 Å². The van der Waals surface area contributed by atoms with E-state index >= 15 is 0 Å². The topological polar surface area (TPSA) is 110 Å². The van der Waals surface area contributed by atoms with Crippen molar-refractivity contribution in [3.8, 4) is 17.2 Å². The van der Waals surface area contributed by atoms with Crippen LogP contribution in [-0.2, 0) is 6.54 Å². The smallest absolute Gasteiger partial charge is 0.335 e. The van der Waals surface area contributed by atoms with E-state index in [0.29, 0.717) is 18.3 Å². The van der Waals surface area contributed by atoms with Gasteiger partial charge in [-0.15, -0.1) is 0 Å². The van der Waals surface area contributed by atoms with Gasteiger partial charge >= 0.3 is 5.97 Å². The van der Waals surface area contributed by atoms with Gasteiger partial charge in [-0.1, -0.05) is 17.3 Å². The maximum atomic E-state index is 11.0. The summed E-state index contributed by atoms with van der Waals surface area (Å²) in [5, 5.41) is 13.2. The van der Waals surface area contributed by atoms with Crippen molar-refractivity contribution in [1.29, 1.82) is 0 Å². The standard InChI is InChI=1S/C22H20N6O3/c29-22(30)16-5-3-15(4-6-16)13-27-10-1-2-18(27)21-25-20(26-31-21)17-7-8-19(24-12-17)28-11-9-23-14-28/h3-9,11-12,14,18H,1-2,10,13H2,(H,29,30). The number of rotatable bonds is 6. The van der Waals surface area contributed by atoms with E-state index in [1.807, 2.05) is 35.0 Å². The lowest BCUT2D eigenvalue weighted by Gasteiger charge is -2.21. The van der Waals surface area contributed by atoms with Gasteiger partial charge in [-0.25, -0.2) is 14.8 Å². The van der Waals surface area contributed by atoms with E-state index in [1.54, 1.807) is 30.9 Å². The van der Waals surface area contributed by atoms with Gasteiger partial charge < -0.3 is 9.63 Å². The normalized spacial score (nSPS) is 16.6. The third kappa shape index (κ3) is 3.95. The summed E-state index contributed by atoms with van der Waals surface area (Å²) < 4.78 is 7.42. The van der Waals surface area contributed by atoms with E-state index in [-0.39, 0.29) is 11.6 Å². The molecule has 9 nitrogen and oxygen atoms in total. The molecule has 1 aliphatic rings. The van der Waals surface area contributed by atoms with Gasteiger partial charge in [-0.2, -0.15) is 4.98 Å². The van der Waals surface area contributed by atoms with Crippen LogP contribution in [0.25, 0.3) is 17.2 Å². The highest BCUT2D eigenvalue weighted by atomic mass is 16.5. The van der Waals surface area contributed by atoms with E-state index in [1.165, 1.54) is 0 Å². The molecular weight excluding hydrogens is 396 g/mol. The Kier molecular flexibility index (Phi) is 5.01. The number of carboxylic acid groups (broad SMARTS) is 1. The van der Waals surface area contributed by atoms with Crippen molar-refractivity contribution in [2.24, 2.45) is 0 Å². The maximum Gasteiger partial charge on any atom is 0.335 e. The molecule has 0 saturated carbocycles. The number of likely N-dealkylation sites (tertiary alicyclic amines) is 1. The number of hydrogen-bond donors (Lipinski definition) is 1. The second kappa shape index (κ2) is 8.11. The first kappa shape index (κ1) is 19.1. The van der Waals surface area contributed by atoms with Crippen LogP contribution in [-0.4, -0.2) is 47.2 Å². The fraction of sp³-hybridized carbons (Fsp3) is 0.227. The van der Waals surface area contributed by atoms with Crippen LogP contribution in [0, 0.1) is 0 Å². The maximum absolute atomic E-state index is 11.0. The molecule has 0 bridgehead atoms. The number of aromatic nitrogens is 5. The van der Waals surface area contributed by atoms with E-state index in [0.717, 1.165) is 36.3 Å². The molecular formula is C22H20N6O3. The number of carboxylic acids is 1. The summed E-state index contributed by atoms with van der Waals surface area (Å²) in [5.74, 6) is 0.947. The van der Waals surface area contributed by atoms with Crippen molar-refractivity contribution in [2.75, 3.05) is 6.54 Å². The molecule has 1 saturated heterocycles. The van der Waals surface area contributed by atoms with Crippen molar-refractivity contribution in [2.45, 2.75) is 25.4 Å². The molecule has 9 heteroatoms. The van der Waals surface area contributed by atoms with Gasteiger partial charge in [0.05, 0.1) is 11.6 Å². The van der Waals surface area contributed by atoms with Crippen LogP contribution in [0.5, 0.6) is 0 Å². The SMILES string of the molecule is O=C(O)c1ccc(CN2CCCC2c2nc(-c3ccc(-n4ccnc4)nc3)no2)cc1.